The van der Waals surface area contributed by atoms with Gasteiger partial charge in [-0.3, -0.25) is 4.68 Å². The maximum atomic E-state index is 6.16. The Labute approximate surface area is 119 Å². The molecule has 4 heteroatoms. The zero-order chi connectivity index (χ0) is 14.0. The van der Waals surface area contributed by atoms with Gasteiger partial charge < -0.3 is 5.32 Å². The summed E-state index contributed by atoms with van der Waals surface area (Å²) in [6.45, 7) is 7.98. The maximum Gasteiger partial charge on any atom is 0.0675 e. The summed E-state index contributed by atoms with van der Waals surface area (Å²) < 4.78 is 2.04. The zero-order valence-corrected chi connectivity index (χ0v) is 12.7. The van der Waals surface area contributed by atoms with E-state index in [1.807, 2.05) is 23.9 Å². The summed E-state index contributed by atoms with van der Waals surface area (Å²) in [6, 6.07) is 6.05. The number of aromatic nitrogens is 2. The van der Waals surface area contributed by atoms with Crippen LogP contribution < -0.4 is 5.32 Å². The van der Waals surface area contributed by atoms with Gasteiger partial charge in [0.15, 0.2) is 0 Å². The van der Waals surface area contributed by atoms with E-state index in [-0.39, 0.29) is 0 Å². The second kappa shape index (κ2) is 5.76. The summed E-state index contributed by atoms with van der Waals surface area (Å²) >= 11 is 6.16. The van der Waals surface area contributed by atoms with Gasteiger partial charge in [-0.25, -0.2) is 0 Å². The highest BCUT2D eigenvalue weighted by atomic mass is 35.5. The summed E-state index contributed by atoms with van der Waals surface area (Å²) in [4.78, 5) is 0. The number of aryl methyl sites for hydroxylation is 2. The Morgan fingerprint density at radius 3 is 2.63 bits per heavy atom. The molecule has 0 saturated carbocycles. The average Bonchev–Trinajstić information content (AvgIpc) is 2.67. The van der Waals surface area contributed by atoms with Crippen LogP contribution >= 0.6 is 11.6 Å². The van der Waals surface area contributed by atoms with E-state index in [2.05, 4.69) is 37.3 Å². The van der Waals surface area contributed by atoms with Crippen LogP contribution in [0.25, 0.3) is 11.1 Å². The van der Waals surface area contributed by atoms with Gasteiger partial charge in [0.05, 0.1) is 5.69 Å². The largest absolute Gasteiger partial charge is 0.316 e. The van der Waals surface area contributed by atoms with Gasteiger partial charge >= 0.3 is 0 Å². The summed E-state index contributed by atoms with van der Waals surface area (Å²) in [5.41, 5.74) is 5.87. The van der Waals surface area contributed by atoms with Gasteiger partial charge in [-0.05, 0) is 51.1 Å². The van der Waals surface area contributed by atoms with Gasteiger partial charge in [-0.2, -0.15) is 5.10 Å². The van der Waals surface area contributed by atoms with Crippen molar-refractivity contribution in [2.75, 3.05) is 7.05 Å². The minimum absolute atomic E-state index is 0.762. The molecule has 1 aromatic heterocycles. The molecule has 2 rings (SSSR count). The molecule has 0 amide bonds. The molecule has 0 fully saturated rings. The Morgan fingerprint density at radius 2 is 2.05 bits per heavy atom. The van der Waals surface area contributed by atoms with Crippen molar-refractivity contribution in [1.29, 1.82) is 0 Å². The molecule has 0 aliphatic rings. The third-order valence-electron chi connectivity index (χ3n) is 3.39. The number of benzene rings is 1. The molecule has 0 bridgehead atoms. The molecule has 1 N–H and O–H groups in total. The first-order chi connectivity index (χ1) is 9.08. The number of halogens is 1. The molecule has 0 radical (unpaired) electrons. The van der Waals surface area contributed by atoms with E-state index in [1.165, 1.54) is 22.4 Å². The van der Waals surface area contributed by atoms with Crippen LogP contribution in [0, 0.1) is 13.8 Å². The summed E-state index contributed by atoms with van der Waals surface area (Å²) in [5.74, 6) is 0. The van der Waals surface area contributed by atoms with Crippen LogP contribution in [0.3, 0.4) is 0 Å². The van der Waals surface area contributed by atoms with Crippen LogP contribution in [-0.4, -0.2) is 16.8 Å². The molecular formula is C15H20ClN3. The van der Waals surface area contributed by atoms with Crippen LogP contribution in [0.15, 0.2) is 18.2 Å². The van der Waals surface area contributed by atoms with Crippen molar-refractivity contribution in [3.05, 3.63) is 40.2 Å². The van der Waals surface area contributed by atoms with Crippen LogP contribution in [-0.2, 0) is 13.1 Å². The predicted molar refractivity (Wildman–Crippen MR) is 80.6 cm³/mol. The van der Waals surface area contributed by atoms with E-state index in [0.29, 0.717) is 0 Å². The summed E-state index contributed by atoms with van der Waals surface area (Å²) in [5, 5.41) is 8.55. The first-order valence-electron chi connectivity index (χ1n) is 6.55. The molecule has 2 aromatic rings. The summed E-state index contributed by atoms with van der Waals surface area (Å²) in [6.07, 6.45) is 0. The van der Waals surface area contributed by atoms with Crippen molar-refractivity contribution in [3.8, 4) is 11.1 Å². The number of nitrogens with one attached hydrogen (secondary N) is 1. The number of rotatable bonds is 4. The molecule has 0 aliphatic heterocycles. The first kappa shape index (κ1) is 14.1. The fraction of sp³-hybridized carbons (Fsp3) is 0.400. The predicted octanol–water partition coefficient (Wildman–Crippen LogP) is 3.56. The molecule has 0 unspecified atom stereocenters. The second-order valence-corrected chi connectivity index (χ2v) is 5.13. The average molecular weight is 278 g/mol. The van der Waals surface area contributed by atoms with Gasteiger partial charge in [0.2, 0.25) is 0 Å². The molecule has 1 aromatic carbocycles. The third kappa shape index (κ3) is 2.67. The quantitative estimate of drug-likeness (QED) is 0.926. The van der Waals surface area contributed by atoms with E-state index in [9.17, 15) is 0 Å². The fourth-order valence-electron chi connectivity index (χ4n) is 2.52. The van der Waals surface area contributed by atoms with Crippen molar-refractivity contribution in [3.63, 3.8) is 0 Å². The minimum Gasteiger partial charge on any atom is -0.316 e. The fourth-order valence-corrected chi connectivity index (χ4v) is 2.69. The standard InChI is InChI=1S/C15H20ClN3/c1-5-19-11(3)15(10(2)18-19)14-8-13(16)7-6-12(14)9-17-4/h6-8,17H,5,9H2,1-4H3. The lowest BCUT2D eigenvalue weighted by molar-refractivity contribution is 0.634. The molecule has 19 heavy (non-hydrogen) atoms. The maximum absolute atomic E-state index is 6.16. The Kier molecular flexibility index (Phi) is 4.27. The highest BCUT2D eigenvalue weighted by Crippen LogP contribution is 2.32. The smallest absolute Gasteiger partial charge is 0.0675 e. The molecule has 1 heterocycles. The second-order valence-electron chi connectivity index (χ2n) is 4.69. The van der Waals surface area contributed by atoms with E-state index >= 15 is 0 Å². The Morgan fingerprint density at radius 1 is 1.32 bits per heavy atom. The van der Waals surface area contributed by atoms with E-state index in [0.717, 1.165) is 23.8 Å². The summed E-state index contributed by atoms with van der Waals surface area (Å²) in [7, 11) is 1.95. The molecule has 3 nitrogen and oxygen atoms in total. The van der Waals surface area contributed by atoms with Crippen molar-refractivity contribution < 1.29 is 0 Å². The Bertz CT molecular complexity index is 587. The van der Waals surface area contributed by atoms with Crippen molar-refractivity contribution in [2.45, 2.75) is 33.9 Å². The van der Waals surface area contributed by atoms with Crippen LogP contribution in [0.5, 0.6) is 0 Å². The Balaban J connectivity index is 2.63. The van der Waals surface area contributed by atoms with Crippen LogP contribution in [0.2, 0.25) is 5.02 Å². The van der Waals surface area contributed by atoms with Gasteiger partial charge in [-0.1, -0.05) is 17.7 Å². The van der Waals surface area contributed by atoms with Crippen molar-refractivity contribution >= 4 is 11.6 Å². The van der Waals surface area contributed by atoms with Gasteiger partial charge in [0.1, 0.15) is 0 Å². The first-order valence-corrected chi connectivity index (χ1v) is 6.93. The SMILES string of the molecule is CCn1nc(C)c(-c2cc(Cl)ccc2CNC)c1C. The number of nitrogens with zero attached hydrogens (tertiary/aromatic N) is 2. The highest BCUT2D eigenvalue weighted by Gasteiger charge is 2.15. The van der Waals surface area contributed by atoms with Crippen molar-refractivity contribution in [1.82, 2.24) is 15.1 Å². The molecular weight excluding hydrogens is 258 g/mol. The number of hydrogen-bond donors (Lipinski definition) is 1. The van der Waals surface area contributed by atoms with Gasteiger partial charge in [0.25, 0.3) is 0 Å². The number of hydrogen-bond acceptors (Lipinski definition) is 2. The molecule has 0 aliphatic carbocycles. The van der Waals surface area contributed by atoms with Crippen LogP contribution in [0.1, 0.15) is 23.9 Å². The normalized spacial score (nSPS) is 11.0. The third-order valence-corrected chi connectivity index (χ3v) is 3.62. The molecule has 0 spiro atoms. The Hall–Kier alpha value is -1.32. The lowest BCUT2D eigenvalue weighted by Gasteiger charge is -2.11. The van der Waals surface area contributed by atoms with E-state index < -0.39 is 0 Å². The molecule has 102 valence electrons. The van der Waals surface area contributed by atoms with E-state index in [1.54, 1.807) is 0 Å². The van der Waals surface area contributed by atoms with Gasteiger partial charge in [-0.15, -0.1) is 0 Å². The monoisotopic (exact) mass is 277 g/mol. The van der Waals surface area contributed by atoms with Crippen LogP contribution in [0.4, 0.5) is 0 Å². The van der Waals surface area contributed by atoms with Gasteiger partial charge in [0, 0.05) is 29.4 Å². The zero-order valence-electron chi connectivity index (χ0n) is 11.9. The van der Waals surface area contributed by atoms with Crippen molar-refractivity contribution in [2.24, 2.45) is 0 Å². The lowest BCUT2D eigenvalue weighted by atomic mass is 9.98. The lowest BCUT2D eigenvalue weighted by Crippen LogP contribution is -2.06. The molecule has 0 atom stereocenters. The van der Waals surface area contributed by atoms with E-state index in [4.69, 9.17) is 11.6 Å². The molecule has 0 saturated heterocycles. The highest BCUT2D eigenvalue weighted by molar-refractivity contribution is 6.30. The minimum atomic E-state index is 0.762. The topological polar surface area (TPSA) is 29.9 Å².